The molecule has 0 spiro atoms. The zero-order valence-corrected chi connectivity index (χ0v) is 12.5. The Morgan fingerprint density at radius 2 is 2.00 bits per heavy atom. The second-order valence-electron chi connectivity index (χ2n) is 4.94. The highest BCUT2D eigenvalue weighted by atomic mass is 35.5. The van der Waals surface area contributed by atoms with Gasteiger partial charge in [-0.3, -0.25) is 0 Å². The first kappa shape index (κ1) is 15.0. The lowest BCUT2D eigenvalue weighted by molar-refractivity contribution is 0.547. The van der Waals surface area contributed by atoms with Crippen LogP contribution in [0.3, 0.4) is 0 Å². The summed E-state index contributed by atoms with van der Waals surface area (Å²) in [5.74, 6) is -0.186. The van der Waals surface area contributed by atoms with Crippen molar-refractivity contribution in [3.8, 4) is 0 Å². The van der Waals surface area contributed by atoms with Crippen molar-refractivity contribution in [1.29, 1.82) is 0 Å². The Kier molecular flexibility index (Phi) is 5.16. The molecule has 1 atom stereocenters. The summed E-state index contributed by atoms with van der Waals surface area (Å²) >= 11 is 6.07. The highest BCUT2D eigenvalue weighted by molar-refractivity contribution is 6.30. The molecule has 0 aliphatic rings. The average molecular weight is 292 g/mol. The van der Waals surface area contributed by atoms with E-state index in [9.17, 15) is 4.39 Å². The van der Waals surface area contributed by atoms with Gasteiger partial charge in [-0.2, -0.15) is 0 Å². The molecule has 0 aliphatic carbocycles. The normalized spacial score (nSPS) is 12.4. The quantitative estimate of drug-likeness (QED) is 0.843. The van der Waals surface area contributed by atoms with Gasteiger partial charge in [0.2, 0.25) is 0 Å². The molecule has 1 N–H and O–H groups in total. The van der Waals surface area contributed by atoms with Gasteiger partial charge in [0.05, 0.1) is 0 Å². The maximum absolute atomic E-state index is 13.2. The van der Waals surface area contributed by atoms with Gasteiger partial charge in [-0.05, 0) is 60.8 Å². The lowest BCUT2D eigenvalue weighted by Crippen LogP contribution is -2.23. The number of nitrogens with one attached hydrogen (secondary N) is 1. The summed E-state index contributed by atoms with van der Waals surface area (Å²) in [6.07, 6.45) is 0.820. The standard InChI is InChI=1S/C17H19ClFN/c1-3-20-17(14-5-4-6-15(18)10-14)11-13-7-8-16(19)9-12(13)2/h4-10,17,20H,3,11H2,1-2H3. The minimum atomic E-state index is -0.186. The predicted octanol–water partition coefficient (Wildman–Crippen LogP) is 4.68. The molecule has 106 valence electrons. The zero-order valence-electron chi connectivity index (χ0n) is 11.8. The molecule has 0 saturated heterocycles. The van der Waals surface area contributed by atoms with E-state index in [0.29, 0.717) is 0 Å². The summed E-state index contributed by atoms with van der Waals surface area (Å²) in [5.41, 5.74) is 3.29. The highest BCUT2D eigenvalue weighted by Gasteiger charge is 2.13. The van der Waals surface area contributed by atoms with Crippen LogP contribution in [0.5, 0.6) is 0 Å². The molecule has 0 heterocycles. The molecule has 1 unspecified atom stereocenters. The molecule has 2 rings (SSSR count). The summed E-state index contributed by atoms with van der Waals surface area (Å²) in [4.78, 5) is 0. The Balaban J connectivity index is 2.25. The van der Waals surface area contributed by atoms with E-state index in [1.54, 1.807) is 6.07 Å². The van der Waals surface area contributed by atoms with E-state index in [4.69, 9.17) is 11.6 Å². The Hall–Kier alpha value is -1.38. The van der Waals surface area contributed by atoms with E-state index in [-0.39, 0.29) is 11.9 Å². The molecule has 0 amide bonds. The lowest BCUT2D eigenvalue weighted by Gasteiger charge is -2.20. The van der Waals surface area contributed by atoms with Gasteiger partial charge >= 0.3 is 0 Å². The fourth-order valence-electron chi connectivity index (χ4n) is 2.39. The van der Waals surface area contributed by atoms with Gasteiger partial charge in [-0.1, -0.05) is 36.7 Å². The van der Waals surface area contributed by atoms with Gasteiger partial charge in [-0.15, -0.1) is 0 Å². The predicted molar refractivity (Wildman–Crippen MR) is 82.7 cm³/mol. The molecule has 0 radical (unpaired) electrons. The molecule has 1 nitrogen and oxygen atoms in total. The Labute approximate surface area is 124 Å². The number of hydrogen-bond acceptors (Lipinski definition) is 1. The second-order valence-corrected chi connectivity index (χ2v) is 5.38. The monoisotopic (exact) mass is 291 g/mol. The van der Waals surface area contributed by atoms with E-state index in [0.717, 1.165) is 34.7 Å². The molecule has 2 aromatic rings. The van der Waals surface area contributed by atoms with Crippen LogP contribution in [-0.4, -0.2) is 6.54 Å². The molecule has 0 aromatic heterocycles. The molecular formula is C17H19ClFN. The summed E-state index contributed by atoms with van der Waals surface area (Å²) < 4.78 is 13.2. The topological polar surface area (TPSA) is 12.0 Å². The fourth-order valence-corrected chi connectivity index (χ4v) is 2.58. The molecule has 0 fully saturated rings. The minimum Gasteiger partial charge on any atom is -0.310 e. The highest BCUT2D eigenvalue weighted by Crippen LogP contribution is 2.23. The van der Waals surface area contributed by atoms with Crippen molar-refractivity contribution in [2.75, 3.05) is 6.54 Å². The molecular weight excluding hydrogens is 273 g/mol. The third kappa shape index (κ3) is 3.81. The smallest absolute Gasteiger partial charge is 0.123 e. The number of rotatable bonds is 5. The molecule has 20 heavy (non-hydrogen) atoms. The zero-order chi connectivity index (χ0) is 14.5. The van der Waals surface area contributed by atoms with Crippen LogP contribution < -0.4 is 5.32 Å². The number of benzene rings is 2. The van der Waals surface area contributed by atoms with Crippen LogP contribution in [0.1, 0.15) is 29.7 Å². The van der Waals surface area contributed by atoms with Crippen LogP contribution in [0.4, 0.5) is 4.39 Å². The second kappa shape index (κ2) is 6.87. The third-order valence-corrected chi connectivity index (χ3v) is 3.67. The number of likely N-dealkylation sites (N-methyl/N-ethyl adjacent to an activating group) is 1. The van der Waals surface area contributed by atoms with Crippen LogP contribution in [0, 0.1) is 12.7 Å². The van der Waals surface area contributed by atoms with E-state index in [1.165, 1.54) is 6.07 Å². The Morgan fingerprint density at radius 1 is 1.20 bits per heavy atom. The van der Waals surface area contributed by atoms with Gasteiger partial charge in [0, 0.05) is 11.1 Å². The minimum absolute atomic E-state index is 0.183. The Bertz CT molecular complexity index is 583. The SMILES string of the molecule is CCNC(Cc1ccc(F)cc1C)c1cccc(Cl)c1. The number of hydrogen-bond donors (Lipinski definition) is 1. The van der Waals surface area contributed by atoms with Gasteiger partial charge < -0.3 is 5.32 Å². The molecule has 2 aromatic carbocycles. The van der Waals surface area contributed by atoms with Gasteiger partial charge in [0.25, 0.3) is 0 Å². The first-order chi connectivity index (χ1) is 9.60. The summed E-state index contributed by atoms with van der Waals surface area (Å²) in [5, 5.41) is 4.20. The van der Waals surface area contributed by atoms with Crippen LogP contribution in [0.25, 0.3) is 0 Å². The van der Waals surface area contributed by atoms with Crippen molar-refractivity contribution in [2.24, 2.45) is 0 Å². The van der Waals surface area contributed by atoms with E-state index < -0.39 is 0 Å². The van der Waals surface area contributed by atoms with Crippen LogP contribution in [0.15, 0.2) is 42.5 Å². The molecule has 0 aliphatic heterocycles. The number of aryl methyl sites for hydroxylation is 1. The van der Waals surface area contributed by atoms with Crippen LogP contribution >= 0.6 is 11.6 Å². The summed E-state index contributed by atoms with van der Waals surface area (Å²) in [7, 11) is 0. The fraction of sp³-hybridized carbons (Fsp3) is 0.294. The molecule has 0 bridgehead atoms. The van der Waals surface area contributed by atoms with Crippen LogP contribution in [-0.2, 0) is 6.42 Å². The van der Waals surface area contributed by atoms with Gasteiger partial charge in [0.1, 0.15) is 5.82 Å². The largest absolute Gasteiger partial charge is 0.310 e. The van der Waals surface area contributed by atoms with Crippen LogP contribution in [0.2, 0.25) is 5.02 Å². The van der Waals surface area contributed by atoms with Gasteiger partial charge in [0.15, 0.2) is 0 Å². The first-order valence-electron chi connectivity index (χ1n) is 6.84. The van der Waals surface area contributed by atoms with Crippen molar-refractivity contribution < 1.29 is 4.39 Å². The Morgan fingerprint density at radius 3 is 2.65 bits per heavy atom. The first-order valence-corrected chi connectivity index (χ1v) is 7.22. The molecule has 0 saturated carbocycles. The average Bonchev–Trinajstić information content (AvgIpc) is 2.41. The van der Waals surface area contributed by atoms with Crippen molar-refractivity contribution in [1.82, 2.24) is 5.32 Å². The van der Waals surface area contributed by atoms with E-state index >= 15 is 0 Å². The van der Waals surface area contributed by atoms with E-state index in [2.05, 4.69) is 18.3 Å². The third-order valence-electron chi connectivity index (χ3n) is 3.43. The summed E-state index contributed by atoms with van der Waals surface area (Å²) in [6, 6.07) is 13.0. The summed E-state index contributed by atoms with van der Waals surface area (Å²) in [6.45, 7) is 4.89. The lowest BCUT2D eigenvalue weighted by atomic mass is 9.96. The van der Waals surface area contributed by atoms with E-state index in [1.807, 2.05) is 31.2 Å². The maximum atomic E-state index is 13.2. The van der Waals surface area contributed by atoms with Gasteiger partial charge in [-0.25, -0.2) is 4.39 Å². The number of halogens is 2. The van der Waals surface area contributed by atoms with Crippen molar-refractivity contribution in [2.45, 2.75) is 26.3 Å². The van der Waals surface area contributed by atoms with Crippen molar-refractivity contribution in [3.63, 3.8) is 0 Å². The van der Waals surface area contributed by atoms with Crippen molar-refractivity contribution >= 4 is 11.6 Å². The van der Waals surface area contributed by atoms with Crippen molar-refractivity contribution in [3.05, 3.63) is 70.0 Å². The maximum Gasteiger partial charge on any atom is 0.123 e. The molecule has 3 heteroatoms.